The van der Waals surface area contributed by atoms with Gasteiger partial charge in [-0.05, 0) is 49.2 Å². The van der Waals surface area contributed by atoms with E-state index in [2.05, 4.69) is 9.82 Å². The van der Waals surface area contributed by atoms with E-state index in [1.807, 2.05) is 77.1 Å². The zero-order valence-electron chi connectivity index (χ0n) is 16.3. The lowest BCUT2D eigenvalue weighted by atomic mass is 9.92. The van der Waals surface area contributed by atoms with Crippen LogP contribution >= 0.6 is 0 Å². The SMILES string of the molecule is Cc1ccc(NS(=O)(=O)c2cn(-c3ccccc3)nc2C(C)(C)C)cc1C. The van der Waals surface area contributed by atoms with Crippen molar-refractivity contribution in [3.63, 3.8) is 0 Å². The van der Waals surface area contributed by atoms with E-state index in [1.165, 1.54) is 0 Å². The normalized spacial score (nSPS) is 12.2. The molecule has 0 saturated heterocycles. The first kappa shape index (κ1) is 19.2. The van der Waals surface area contributed by atoms with Crippen LogP contribution in [0.25, 0.3) is 5.69 Å². The third-order valence-electron chi connectivity index (χ3n) is 4.46. The highest BCUT2D eigenvalue weighted by Crippen LogP contribution is 2.30. The van der Waals surface area contributed by atoms with E-state index in [0.717, 1.165) is 16.8 Å². The largest absolute Gasteiger partial charge is 0.280 e. The fraction of sp³-hybridized carbons (Fsp3) is 0.286. The minimum atomic E-state index is -3.78. The van der Waals surface area contributed by atoms with Crippen LogP contribution in [0.2, 0.25) is 0 Å². The average molecular weight is 384 g/mol. The van der Waals surface area contributed by atoms with Gasteiger partial charge in [0.15, 0.2) is 0 Å². The third-order valence-corrected chi connectivity index (χ3v) is 5.84. The van der Waals surface area contributed by atoms with Crippen LogP contribution in [0.15, 0.2) is 59.6 Å². The molecule has 0 aliphatic carbocycles. The number of anilines is 1. The summed E-state index contributed by atoms with van der Waals surface area (Å²) in [6, 6.07) is 15.0. The first-order valence-electron chi connectivity index (χ1n) is 8.83. The summed E-state index contributed by atoms with van der Waals surface area (Å²) in [7, 11) is -3.78. The molecule has 0 aliphatic rings. The van der Waals surface area contributed by atoms with Crippen LogP contribution in [0, 0.1) is 13.8 Å². The molecule has 2 aromatic carbocycles. The highest BCUT2D eigenvalue weighted by atomic mass is 32.2. The Hall–Kier alpha value is -2.60. The molecule has 1 N–H and O–H groups in total. The minimum absolute atomic E-state index is 0.192. The minimum Gasteiger partial charge on any atom is -0.280 e. The lowest BCUT2D eigenvalue weighted by molar-refractivity contribution is 0.543. The monoisotopic (exact) mass is 383 g/mol. The van der Waals surface area contributed by atoms with Gasteiger partial charge in [0.05, 0.1) is 17.6 Å². The Morgan fingerprint density at radius 1 is 0.963 bits per heavy atom. The van der Waals surface area contributed by atoms with Crippen molar-refractivity contribution in [1.82, 2.24) is 9.78 Å². The molecule has 5 nitrogen and oxygen atoms in total. The second kappa shape index (κ2) is 6.85. The molecule has 0 spiro atoms. The van der Waals surface area contributed by atoms with Gasteiger partial charge in [-0.15, -0.1) is 0 Å². The number of sulfonamides is 1. The number of hydrogen-bond donors (Lipinski definition) is 1. The molecule has 1 aromatic heterocycles. The molecule has 0 radical (unpaired) electrons. The summed E-state index contributed by atoms with van der Waals surface area (Å²) >= 11 is 0. The molecule has 0 amide bonds. The number of aryl methyl sites for hydroxylation is 2. The van der Waals surface area contributed by atoms with Crippen molar-refractivity contribution < 1.29 is 8.42 Å². The second-order valence-corrected chi connectivity index (χ2v) is 9.43. The number of benzene rings is 2. The van der Waals surface area contributed by atoms with Crippen LogP contribution in [0.4, 0.5) is 5.69 Å². The highest BCUT2D eigenvalue weighted by molar-refractivity contribution is 7.92. The summed E-state index contributed by atoms with van der Waals surface area (Å²) < 4.78 is 30.6. The molecule has 27 heavy (non-hydrogen) atoms. The van der Waals surface area contributed by atoms with Crippen molar-refractivity contribution in [1.29, 1.82) is 0 Å². The van der Waals surface area contributed by atoms with Crippen molar-refractivity contribution in [3.8, 4) is 5.69 Å². The molecular weight excluding hydrogens is 358 g/mol. The molecule has 0 unspecified atom stereocenters. The van der Waals surface area contributed by atoms with Gasteiger partial charge in [-0.3, -0.25) is 4.72 Å². The van der Waals surface area contributed by atoms with Crippen molar-refractivity contribution in [2.45, 2.75) is 44.9 Å². The van der Waals surface area contributed by atoms with E-state index in [0.29, 0.717) is 11.4 Å². The van der Waals surface area contributed by atoms with Crippen LogP contribution in [-0.2, 0) is 15.4 Å². The van der Waals surface area contributed by atoms with E-state index in [9.17, 15) is 8.42 Å². The van der Waals surface area contributed by atoms with Gasteiger partial charge in [0.2, 0.25) is 0 Å². The lowest BCUT2D eigenvalue weighted by Gasteiger charge is -2.18. The first-order valence-corrected chi connectivity index (χ1v) is 10.3. The maximum atomic E-state index is 13.1. The lowest BCUT2D eigenvalue weighted by Crippen LogP contribution is -2.20. The van der Waals surface area contributed by atoms with E-state index < -0.39 is 15.4 Å². The zero-order chi connectivity index (χ0) is 19.8. The Morgan fingerprint density at radius 2 is 1.63 bits per heavy atom. The summed E-state index contributed by atoms with van der Waals surface area (Å²) in [4.78, 5) is 0.192. The van der Waals surface area contributed by atoms with Gasteiger partial charge in [0.1, 0.15) is 4.90 Å². The molecule has 0 fully saturated rings. The van der Waals surface area contributed by atoms with E-state index in [4.69, 9.17) is 0 Å². The Labute approximate surface area is 161 Å². The maximum Gasteiger partial charge on any atom is 0.265 e. The number of nitrogens with zero attached hydrogens (tertiary/aromatic N) is 2. The average Bonchev–Trinajstić information content (AvgIpc) is 3.06. The summed E-state index contributed by atoms with van der Waals surface area (Å²) in [5.41, 5.74) is 3.62. The summed E-state index contributed by atoms with van der Waals surface area (Å²) in [5, 5.41) is 4.59. The number of rotatable bonds is 4. The fourth-order valence-electron chi connectivity index (χ4n) is 2.80. The van der Waals surface area contributed by atoms with Gasteiger partial charge in [-0.1, -0.05) is 45.0 Å². The Kier molecular flexibility index (Phi) is 4.86. The van der Waals surface area contributed by atoms with Gasteiger partial charge in [0, 0.05) is 11.1 Å². The summed E-state index contributed by atoms with van der Waals surface area (Å²) in [5.74, 6) is 0. The van der Waals surface area contributed by atoms with Gasteiger partial charge in [-0.2, -0.15) is 5.10 Å². The standard InChI is InChI=1S/C21H25N3O2S/c1-15-11-12-17(13-16(15)2)23-27(25,26)19-14-24(18-9-7-6-8-10-18)22-20(19)21(3,4)5/h6-14,23H,1-5H3. The molecule has 142 valence electrons. The second-order valence-electron chi connectivity index (χ2n) is 7.78. The Bertz CT molecular complexity index is 1060. The molecule has 6 heteroatoms. The van der Waals surface area contributed by atoms with Crippen LogP contribution in [-0.4, -0.2) is 18.2 Å². The van der Waals surface area contributed by atoms with Crippen LogP contribution in [0.1, 0.15) is 37.6 Å². The number of aromatic nitrogens is 2. The predicted molar refractivity (Wildman–Crippen MR) is 109 cm³/mol. The van der Waals surface area contributed by atoms with Crippen LogP contribution in [0.5, 0.6) is 0 Å². The van der Waals surface area contributed by atoms with Crippen LogP contribution in [0.3, 0.4) is 0 Å². The van der Waals surface area contributed by atoms with Crippen molar-refractivity contribution in [2.75, 3.05) is 4.72 Å². The fourth-order valence-corrected chi connectivity index (χ4v) is 4.19. The summed E-state index contributed by atoms with van der Waals surface area (Å²) in [6.45, 7) is 9.83. The molecule has 0 atom stereocenters. The molecular formula is C21H25N3O2S. The number of nitrogens with one attached hydrogen (secondary N) is 1. The van der Waals surface area contributed by atoms with Crippen LogP contribution < -0.4 is 4.72 Å². The van der Waals surface area contributed by atoms with E-state index >= 15 is 0 Å². The Balaban J connectivity index is 2.08. The maximum absolute atomic E-state index is 13.1. The predicted octanol–water partition coefficient (Wildman–Crippen LogP) is 4.59. The van der Waals surface area contributed by atoms with Gasteiger partial charge in [-0.25, -0.2) is 13.1 Å². The van der Waals surface area contributed by atoms with E-state index in [1.54, 1.807) is 16.9 Å². The Morgan fingerprint density at radius 3 is 2.22 bits per heavy atom. The third kappa shape index (κ3) is 4.06. The molecule has 0 bridgehead atoms. The molecule has 0 aliphatic heterocycles. The van der Waals surface area contributed by atoms with Gasteiger partial charge >= 0.3 is 0 Å². The smallest absolute Gasteiger partial charge is 0.265 e. The van der Waals surface area contributed by atoms with Gasteiger partial charge < -0.3 is 0 Å². The van der Waals surface area contributed by atoms with Crippen molar-refractivity contribution >= 4 is 15.7 Å². The number of hydrogen-bond acceptors (Lipinski definition) is 3. The molecule has 3 rings (SSSR count). The zero-order valence-corrected chi connectivity index (χ0v) is 17.1. The number of para-hydroxylation sites is 1. The highest BCUT2D eigenvalue weighted by Gasteiger charge is 2.30. The molecule has 3 aromatic rings. The summed E-state index contributed by atoms with van der Waals surface area (Å²) in [6.07, 6.45) is 1.58. The molecule has 0 saturated carbocycles. The molecule has 1 heterocycles. The van der Waals surface area contributed by atoms with Crippen molar-refractivity contribution in [3.05, 3.63) is 71.5 Å². The van der Waals surface area contributed by atoms with Crippen molar-refractivity contribution in [2.24, 2.45) is 0 Å². The first-order chi connectivity index (χ1) is 12.6. The van der Waals surface area contributed by atoms with E-state index in [-0.39, 0.29) is 4.90 Å². The topological polar surface area (TPSA) is 64.0 Å². The quantitative estimate of drug-likeness (QED) is 0.717. The van der Waals surface area contributed by atoms with Gasteiger partial charge in [0.25, 0.3) is 10.0 Å².